The molecule has 1 atom stereocenters. The Labute approximate surface area is 116 Å². The SMILES string of the molecule is CN(C)Cc1ccc2c(c1)C(C#N)N(CC(=O)O)C2=O. The second kappa shape index (κ2) is 5.31. The van der Waals surface area contributed by atoms with E-state index in [0.29, 0.717) is 17.7 Å². The lowest BCUT2D eigenvalue weighted by Gasteiger charge is -2.17. The molecule has 1 heterocycles. The fourth-order valence-corrected chi connectivity index (χ4v) is 2.38. The van der Waals surface area contributed by atoms with Crippen molar-refractivity contribution in [3.63, 3.8) is 0 Å². The molecule has 1 amide bonds. The summed E-state index contributed by atoms with van der Waals surface area (Å²) in [7, 11) is 3.85. The summed E-state index contributed by atoms with van der Waals surface area (Å²) < 4.78 is 0. The van der Waals surface area contributed by atoms with E-state index in [2.05, 4.69) is 0 Å². The number of amides is 1. The topological polar surface area (TPSA) is 84.6 Å². The van der Waals surface area contributed by atoms with Crippen molar-refractivity contribution in [1.82, 2.24) is 9.80 Å². The monoisotopic (exact) mass is 273 g/mol. The van der Waals surface area contributed by atoms with Gasteiger partial charge in [-0.25, -0.2) is 0 Å². The minimum absolute atomic E-state index is 0.398. The van der Waals surface area contributed by atoms with Gasteiger partial charge in [0.15, 0.2) is 0 Å². The van der Waals surface area contributed by atoms with Gasteiger partial charge in [0.25, 0.3) is 5.91 Å². The largest absolute Gasteiger partial charge is 0.480 e. The number of nitrogens with zero attached hydrogens (tertiary/aromatic N) is 3. The number of benzene rings is 1. The van der Waals surface area contributed by atoms with Crippen molar-refractivity contribution in [2.75, 3.05) is 20.6 Å². The highest BCUT2D eigenvalue weighted by atomic mass is 16.4. The van der Waals surface area contributed by atoms with Crippen molar-refractivity contribution in [2.24, 2.45) is 0 Å². The van der Waals surface area contributed by atoms with Gasteiger partial charge in [0.05, 0.1) is 6.07 Å². The minimum atomic E-state index is -1.13. The highest BCUT2D eigenvalue weighted by Gasteiger charge is 2.37. The number of rotatable bonds is 4. The Balaban J connectivity index is 2.39. The summed E-state index contributed by atoms with van der Waals surface area (Å²) in [6.07, 6.45) is 0. The van der Waals surface area contributed by atoms with Gasteiger partial charge in [-0.3, -0.25) is 9.59 Å². The Morgan fingerprint density at radius 3 is 2.75 bits per heavy atom. The third-order valence-electron chi connectivity index (χ3n) is 3.14. The van der Waals surface area contributed by atoms with Crippen LogP contribution in [0.5, 0.6) is 0 Å². The maximum absolute atomic E-state index is 12.1. The van der Waals surface area contributed by atoms with E-state index in [1.54, 1.807) is 6.07 Å². The van der Waals surface area contributed by atoms with Crippen LogP contribution >= 0.6 is 0 Å². The van der Waals surface area contributed by atoms with Crippen LogP contribution in [0.15, 0.2) is 18.2 Å². The Kier molecular flexibility index (Phi) is 3.72. The summed E-state index contributed by atoms with van der Waals surface area (Å²) in [6.45, 7) is 0.229. The van der Waals surface area contributed by atoms with Crippen molar-refractivity contribution < 1.29 is 14.7 Å². The molecule has 0 spiro atoms. The Bertz CT molecular complexity index is 604. The van der Waals surface area contributed by atoms with Gasteiger partial charge in [0.1, 0.15) is 12.6 Å². The van der Waals surface area contributed by atoms with Crippen molar-refractivity contribution in [3.05, 3.63) is 34.9 Å². The summed E-state index contributed by atoms with van der Waals surface area (Å²) in [5.74, 6) is -1.52. The van der Waals surface area contributed by atoms with Gasteiger partial charge >= 0.3 is 5.97 Å². The number of carboxylic acids is 1. The van der Waals surface area contributed by atoms with Gasteiger partial charge < -0.3 is 14.9 Å². The van der Waals surface area contributed by atoms with E-state index in [1.165, 1.54) is 0 Å². The zero-order valence-electron chi connectivity index (χ0n) is 11.3. The van der Waals surface area contributed by atoms with E-state index < -0.39 is 24.5 Å². The van der Waals surface area contributed by atoms with Crippen molar-refractivity contribution in [2.45, 2.75) is 12.6 Å². The van der Waals surface area contributed by atoms with Crippen LogP contribution in [0.2, 0.25) is 0 Å². The van der Waals surface area contributed by atoms with Crippen molar-refractivity contribution >= 4 is 11.9 Å². The van der Waals surface area contributed by atoms with Gasteiger partial charge in [0.2, 0.25) is 0 Å². The Morgan fingerprint density at radius 1 is 1.50 bits per heavy atom. The fourth-order valence-electron chi connectivity index (χ4n) is 2.38. The molecule has 0 aromatic heterocycles. The van der Waals surface area contributed by atoms with Crippen molar-refractivity contribution in [1.29, 1.82) is 5.26 Å². The van der Waals surface area contributed by atoms with Crippen LogP contribution in [0.4, 0.5) is 0 Å². The van der Waals surface area contributed by atoms with Gasteiger partial charge in [-0.2, -0.15) is 5.26 Å². The molecule has 6 heteroatoms. The molecule has 1 aromatic carbocycles. The van der Waals surface area contributed by atoms with Crippen LogP contribution in [0.1, 0.15) is 27.5 Å². The van der Waals surface area contributed by atoms with Gasteiger partial charge in [-0.15, -0.1) is 0 Å². The van der Waals surface area contributed by atoms with Crippen LogP contribution in [-0.4, -0.2) is 47.4 Å². The summed E-state index contributed by atoms with van der Waals surface area (Å²) in [5, 5.41) is 18.1. The highest BCUT2D eigenvalue weighted by Crippen LogP contribution is 2.33. The first-order chi connectivity index (χ1) is 9.43. The van der Waals surface area contributed by atoms with E-state index in [0.717, 1.165) is 10.5 Å². The number of hydrogen-bond acceptors (Lipinski definition) is 4. The van der Waals surface area contributed by atoms with Crippen LogP contribution in [0.25, 0.3) is 0 Å². The summed E-state index contributed by atoms with van der Waals surface area (Å²) in [5.41, 5.74) is 2.00. The lowest BCUT2D eigenvalue weighted by molar-refractivity contribution is -0.137. The molecule has 0 bridgehead atoms. The fraction of sp³-hybridized carbons (Fsp3) is 0.357. The summed E-state index contributed by atoms with van der Waals surface area (Å²) in [4.78, 5) is 26.0. The third-order valence-corrected chi connectivity index (χ3v) is 3.14. The zero-order valence-corrected chi connectivity index (χ0v) is 11.3. The molecule has 6 nitrogen and oxygen atoms in total. The maximum Gasteiger partial charge on any atom is 0.323 e. The normalized spacial score (nSPS) is 17.2. The predicted octanol–water partition coefficient (Wildman–Crippen LogP) is 0.853. The minimum Gasteiger partial charge on any atom is -0.480 e. The molecule has 0 saturated carbocycles. The van der Waals surface area contributed by atoms with E-state index in [-0.39, 0.29) is 0 Å². The zero-order chi connectivity index (χ0) is 14.9. The first-order valence-corrected chi connectivity index (χ1v) is 6.14. The average molecular weight is 273 g/mol. The number of carbonyl (C=O) groups is 2. The highest BCUT2D eigenvalue weighted by molar-refractivity contribution is 6.01. The first-order valence-electron chi connectivity index (χ1n) is 6.14. The first kappa shape index (κ1) is 14.0. The lowest BCUT2D eigenvalue weighted by atomic mass is 10.0. The Hall–Kier alpha value is -2.39. The van der Waals surface area contributed by atoms with Crippen LogP contribution < -0.4 is 0 Å². The molecule has 104 valence electrons. The number of carbonyl (C=O) groups excluding carboxylic acids is 1. The molecular weight excluding hydrogens is 258 g/mol. The number of fused-ring (bicyclic) bond motifs is 1. The molecule has 0 aliphatic carbocycles. The van der Waals surface area contributed by atoms with Crippen LogP contribution in [0.3, 0.4) is 0 Å². The number of nitriles is 1. The molecule has 1 aromatic rings. The molecule has 1 N–H and O–H groups in total. The Morgan fingerprint density at radius 2 is 2.20 bits per heavy atom. The molecule has 1 aliphatic heterocycles. The summed E-state index contributed by atoms with van der Waals surface area (Å²) >= 11 is 0. The molecule has 1 aliphatic rings. The van der Waals surface area contributed by atoms with Crippen molar-refractivity contribution in [3.8, 4) is 6.07 Å². The number of hydrogen-bond donors (Lipinski definition) is 1. The van der Waals surface area contributed by atoms with Gasteiger partial charge in [-0.1, -0.05) is 12.1 Å². The summed E-state index contributed by atoms with van der Waals surface area (Å²) in [6, 6.07) is 6.50. The maximum atomic E-state index is 12.1. The van der Waals surface area contributed by atoms with E-state index in [1.807, 2.05) is 37.2 Å². The standard InChI is InChI=1S/C14H15N3O3/c1-16(2)7-9-3-4-10-11(5-9)12(6-15)17(14(10)20)8-13(18)19/h3-5,12H,7-8H2,1-2H3,(H,18,19). The van der Waals surface area contributed by atoms with E-state index in [9.17, 15) is 14.9 Å². The van der Waals surface area contributed by atoms with Gasteiger partial charge in [0, 0.05) is 17.7 Å². The van der Waals surface area contributed by atoms with Crippen LogP contribution in [0, 0.1) is 11.3 Å². The number of aliphatic carboxylic acids is 1. The van der Waals surface area contributed by atoms with Gasteiger partial charge in [-0.05, 0) is 25.7 Å². The molecule has 0 saturated heterocycles. The van der Waals surface area contributed by atoms with E-state index >= 15 is 0 Å². The van der Waals surface area contributed by atoms with E-state index in [4.69, 9.17) is 5.11 Å². The third kappa shape index (κ3) is 2.49. The molecule has 0 fully saturated rings. The second-order valence-corrected chi connectivity index (χ2v) is 5.02. The second-order valence-electron chi connectivity index (χ2n) is 5.02. The molecule has 1 unspecified atom stereocenters. The quantitative estimate of drug-likeness (QED) is 0.879. The smallest absolute Gasteiger partial charge is 0.323 e. The number of carboxylic acid groups (broad SMARTS) is 1. The molecule has 0 radical (unpaired) electrons. The average Bonchev–Trinajstić information content (AvgIpc) is 2.61. The molecular formula is C14H15N3O3. The lowest BCUT2D eigenvalue weighted by Crippen LogP contribution is -2.32. The molecule has 2 rings (SSSR count). The van der Waals surface area contributed by atoms with Crippen LogP contribution in [-0.2, 0) is 11.3 Å². The predicted molar refractivity (Wildman–Crippen MR) is 70.9 cm³/mol. The molecule has 20 heavy (non-hydrogen) atoms.